The summed E-state index contributed by atoms with van der Waals surface area (Å²) in [4.78, 5) is 28.2. The van der Waals surface area contributed by atoms with Gasteiger partial charge < -0.3 is 15.0 Å². The number of piperazine rings is 1. The minimum absolute atomic E-state index is 0.0684. The minimum Gasteiger partial charge on any atom is -0.493 e. The Labute approximate surface area is 237 Å². The molecule has 2 fully saturated rings. The van der Waals surface area contributed by atoms with E-state index < -0.39 is 11.5 Å². The highest BCUT2D eigenvalue weighted by atomic mass is 79.9. The molecule has 7 nitrogen and oxygen atoms in total. The Bertz CT molecular complexity index is 1280. The van der Waals surface area contributed by atoms with Gasteiger partial charge in [0.05, 0.1) is 25.2 Å². The lowest BCUT2D eigenvalue weighted by Crippen LogP contribution is -2.62. The van der Waals surface area contributed by atoms with Crippen molar-refractivity contribution in [2.45, 2.75) is 24.7 Å². The second-order valence-corrected chi connectivity index (χ2v) is 11.1. The zero-order valence-corrected chi connectivity index (χ0v) is 23.8. The highest BCUT2D eigenvalue weighted by molar-refractivity contribution is 9.10. The SMILES string of the molecule is CCOc1cc(F)ccc1C1(C(=O)N2CCNC(=O)C2)NC(c2ccc(Br)cc2)C(c2ccc(Br)cc2)N1. The molecule has 0 aliphatic carbocycles. The summed E-state index contributed by atoms with van der Waals surface area (Å²) in [7, 11) is 0. The average molecular weight is 646 g/mol. The highest BCUT2D eigenvalue weighted by Gasteiger charge is 2.54. The highest BCUT2D eigenvalue weighted by Crippen LogP contribution is 2.44. The molecule has 2 amide bonds. The second kappa shape index (κ2) is 11.1. The predicted octanol–water partition coefficient (Wildman–Crippen LogP) is 4.54. The fourth-order valence-corrected chi connectivity index (χ4v) is 5.62. The zero-order chi connectivity index (χ0) is 26.9. The number of halogens is 3. The fourth-order valence-electron chi connectivity index (χ4n) is 5.09. The molecular formula is C28H27Br2FN4O3. The lowest BCUT2D eigenvalue weighted by atomic mass is 9.95. The number of carbonyl (C=O) groups is 2. The van der Waals surface area contributed by atoms with Crippen molar-refractivity contribution >= 4 is 43.7 Å². The molecule has 10 heteroatoms. The maximum absolute atomic E-state index is 14.4. The van der Waals surface area contributed by atoms with E-state index in [0.717, 1.165) is 20.1 Å². The first-order valence-corrected chi connectivity index (χ1v) is 13.9. The van der Waals surface area contributed by atoms with E-state index in [1.807, 2.05) is 55.5 Å². The molecule has 3 N–H and O–H groups in total. The van der Waals surface area contributed by atoms with Crippen LogP contribution in [0.1, 0.15) is 35.7 Å². The van der Waals surface area contributed by atoms with Gasteiger partial charge in [-0.25, -0.2) is 4.39 Å². The first-order chi connectivity index (χ1) is 18.3. The molecule has 0 aromatic heterocycles. The molecule has 0 spiro atoms. The van der Waals surface area contributed by atoms with Crippen LogP contribution < -0.4 is 20.7 Å². The van der Waals surface area contributed by atoms with Crippen molar-refractivity contribution < 1.29 is 18.7 Å². The van der Waals surface area contributed by atoms with Gasteiger partial charge in [0.25, 0.3) is 5.91 Å². The van der Waals surface area contributed by atoms with Crippen LogP contribution in [-0.2, 0) is 15.3 Å². The van der Waals surface area contributed by atoms with Crippen molar-refractivity contribution in [3.05, 3.63) is 98.2 Å². The van der Waals surface area contributed by atoms with Crippen molar-refractivity contribution in [2.75, 3.05) is 26.2 Å². The van der Waals surface area contributed by atoms with E-state index in [1.165, 1.54) is 17.0 Å². The monoisotopic (exact) mass is 644 g/mol. The summed E-state index contributed by atoms with van der Waals surface area (Å²) in [5, 5.41) is 9.94. The molecule has 0 radical (unpaired) electrons. The Balaban J connectivity index is 1.68. The molecule has 2 atom stereocenters. The molecule has 2 aliphatic rings. The Morgan fingerprint density at radius 1 is 1.00 bits per heavy atom. The summed E-state index contributed by atoms with van der Waals surface area (Å²) in [5.74, 6) is -0.769. The summed E-state index contributed by atoms with van der Waals surface area (Å²) in [6, 6.07) is 19.3. The van der Waals surface area contributed by atoms with Crippen LogP contribution >= 0.6 is 31.9 Å². The number of carbonyl (C=O) groups excluding carboxylic acids is 2. The van der Waals surface area contributed by atoms with Crippen LogP contribution in [0.15, 0.2) is 75.7 Å². The third-order valence-electron chi connectivity index (χ3n) is 6.83. The second-order valence-electron chi connectivity index (χ2n) is 9.25. The summed E-state index contributed by atoms with van der Waals surface area (Å²) in [6.45, 7) is 2.74. The van der Waals surface area contributed by atoms with Crippen LogP contribution in [0.2, 0.25) is 0 Å². The quantitative estimate of drug-likeness (QED) is 0.367. The van der Waals surface area contributed by atoms with Crippen LogP contribution in [0, 0.1) is 5.82 Å². The average Bonchev–Trinajstić information content (AvgIpc) is 3.31. The van der Waals surface area contributed by atoms with Crippen LogP contribution in [0.25, 0.3) is 0 Å². The van der Waals surface area contributed by atoms with E-state index in [0.29, 0.717) is 25.3 Å². The van der Waals surface area contributed by atoms with E-state index in [4.69, 9.17) is 4.74 Å². The molecule has 2 unspecified atom stereocenters. The molecule has 38 heavy (non-hydrogen) atoms. The van der Waals surface area contributed by atoms with Gasteiger partial charge in [0, 0.05) is 33.7 Å². The van der Waals surface area contributed by atoms with Crippen molar-refractivity contribution in [1.29, 1.82) is 0 Å². The smallest absolute Gasteiger partial charge is 0.263 e. The van der Waals surface area contributed by atoms with Gasteiger partial charge in [-0.05, 0) is 54.4 Å². The summed E-state index contributed by atoms with van der Waals surface area (Å²) in [5.41, 5.74) is 0.878. The van der Waals surface area contributed by atoms with Gasteiger partial charge in [-0.15, -0.1) is 0 Å². The van der Waals surface area contributed by atoms with Crippen LogP contribution in [0.4, 0.5) is 4.39 Å². The maximum Gasteiger partial charge on any atom is 0.263 e. The number of hydrogen-bond acceptors (Lipinski definition) is 5. The Morgan fingerprint density at radius 3 is 2.11 bits per heavy atom. The summed E-state index contributed by atoms with van der Waals surface area (Å²) < 4.78 is 22.1. The first-order valence-electron chi connectivity index (χ1n) is 12.4. The molecule has 2 aliphatic heterocycles. The molecule has 5 rings (SSSR count). The molecule has 3 aromatic carbocycles. The normalized spacial score (nSPS) is 23.3. The van der Waals surface area contributed by atoms with E-state index in [-0.39, 0.29) is 36.2 Å². The largest absolute Gasteiger partial charge is 0.493 e. The number of ether oxygens (including phenoxy) is 1. The first kappa shape index (κ1) is 26.8. The molecule has 0 bridgehead atoms. The van der Waals surface area contributed by atoms with Crippen LogP contribution in [-0.4, -0.2) is 43.0 Å². The standard InChI is InChI=1S/C28H27Br2FN4O3/c1-2-38-23-15-21(31)11-12-22(23)28(27(37)35-14-13-32-24(36)16-35)33-25(17-3-7-19(29)8-4-17)26(34-28)18-5-9-20(30)10-6-18/h3-12,15,25-26,33-34H,2,13-14,16H2,1H3,(H,32,36). The zero-order valence-electron chi connectivity index (χ0n) is 20.6. The lowest BCUT2D eigenvalue weighted by molar-refractivity contribution is -0.144. The van der Waals surface area contributed by atoms with Gasteiger partial charge in [-0.1, -0.05) is 56.1 Å². The fraction of sp³-hybridized carbons (Fsp3) is 0.286. The van der Waals surface area contributed by atoms with E-state index in [1.54, 1.807) is 6.07 Å². The summed E-state index contributed by atoms with van der Waals surface area (Å²) >= 11 is 7.01. The Hall–Kier alpha value is -2.79. The van der Waals surface area contributed by atoms with Crippen molar-refractivity contribution in [3.8, 4) is 5.75 Å². The van der Waals surface area contributed by atoms with Crippen molar-refractivity contribution in [3.63, 3.8) is 0 Å². The van der Waals surface area contributed by atoms with Gasteiger partial charge in [-0.2, -0.15) is 0 Å². The van der Waals surface area contributed by atoms with Crippen molar-refractivity contribution in [2.24, 2.45) is 0 Å². The topological polar surface area (TPSA) is 82.7 Å². The Morgan fingerprint density at radius 2 is 1.58 bits per heavy atom. The minimum atomic E-state index is -1.49. The third-order valence-corrected chi connectivity index (χ3v) is 7.89. The van der Waals surface area contributed by atoms with Crippen LogP contribution in [0.3, 0.4) is 0 Å². The number of rotatable bonds is 6. The van der Waals surface area contributed by atoms with Gasteiger partial charge in [0.1, 0.15) is 11.6 Å². The molecule has 2 saturated heterocycles. The predicted molar refractivity (Wildman–Crippen MR) is 149 cm³/mol. The van der Waals surface area contributed by atoms with Crippen molar-refractivity contribution in [1.82, 2.24) is 20.9 Å². The van der Waals surface area contributed by atoms with E-state index in [9.17, 15) is 14.0 Å². The van der Waals surface area contributed by atoms with Gasteiger partial charge in [0.15, 0.2) is 5.66 Å². The molecule has 198 valence electrons. The molecule has 0 saturated carbocycles. The van der Waals surface area contributed by atoms with Crippen LogP contribution in [0.5, 0.6) is 5.75 Å². The maximum atomic E-state index is 14.4. The lowest BCUT2D eigenvalue weighted by Gasteiger charge is -2.37. The number of nitrogens with one attached hydrogen (secondary N) is 3. The van der Waals surface area contributed by atoms with E-state index in [2.05, 4.69) is 47.8 Å². The molecule has 2 heterocycles. The number of hydrogen-bond donors (Lipinski definition) is 3. The molecular weight excluding hydrogens is 619 g/mol. The third kappa shape index (κ3) is 5.22. The number of nitrogens with zero attached hydrogens (tertiary/aromatic N) is 1. The number of amides is 2. The number of benzene rings is 3. The Kier molecular flexibility index (Phi) is 7.85. The van der Waals surface area contributed by atoms with E-state index >= 15 is 0 Å². The van der Waals surface area contributed by atoms with Gasteiger partial charge in [0.2, 0.25) is 5.91 Å². The van der Waals surface area contributed by atoms with Gasteiger partial charge >= 0.3 is 0 Å². The summed E-state index contributed by atoms with van der Waals surface area (Å²) in [6.07, 6.45) is 0. The molecule has 3 aromatic rings. The van der Waals surface area contributed by atoms with Gasteiger partial charge in [-0.3, -0.25) is 20.2 Å².